The lowest BCUT2D eigenvalue weighted by Gasteiger charge is -2.26. The molecule has 0 saturated carbocycles. The highest BCUT2D eigenvalue weighted by Crippen LogP contribution is 2.12. The lowest BCUT2D eigenvalue weighted by molar-refractivity contribution is -0.213. The zero-order valence-electron chi connectivity index (χ0n) is 13.4. The first-order chi connectivity index (χ1) is 9.89. The molecule has 0 heterocycles. The molecule has 0 unspecified atom stereocenters. The van der Waals surface area contributed by atoms with Gasteiger partial charge in [0.2, 0.25) is 10.9 Å². The second kappa shape index (κ2) is 8.26. The van der Waals surface area contributed by atoms with Crippen LogP contribution in [0.3, 0.4) is 0 Å². The molecule has 120 valence electrons. The van der Waals surface area contributed by atoms with E-state index in [2.05, 4.69) is 10.6 Å². The summed E-state index contributed by atoms with van der Waals surface area (Å²) in [4.78, 5) is 22.3. The molecule has 0 bridgehead atoms. The Hall–Kier alpha value is -1.24. The fraction of sp³-hybridized carbons (Fsp3) is 0.733. The summed E-state index contributed by atoms with van der Waals surface area (Å²) in [6, 6.07) is 0. The Morgan fingerprint density at radius 2 is 1.57 bits per heavy atom. The van der Waals surface area contributed by atoms with Gasteiger partial charge in [-0.3, -0.25) is 9.59 Å². The fourth-order valence-electron chi connectivity index (χ4n) is 1.93. The molecule has 1 aromatic carbocycles. The standard InChI is InChI=1S/C15H26N2O4/c1-11-12(14(19)13(11)18)17-8-6-10-21-15(2,3)20-9-5-7-16-4/h16-17H,5-10H2,1-4H3. The summed E-state index contributed by atoms with van der Waals surface area (Å²) in [6.45, 7) is 8.13. The van der Waals surface area contributed by atoms with E-state index in [0.29, 0.717) is 31.0 Å². The van der Waals surface area contributed by atoms with Crippen LogP contribution < -0.4 is 21.5 Å². The van der Waals surface area contributed by atoms with Crippen LogP contribution in [0.2, 0.25) is 0 Å². The summed E-state index contributed by atoms with van der Waals surface area (Å²) < 4.78 is 11.3. The van der Waals surface area contributed by atoms with Gasteiger partial charge in [-0.15, -0.1) is 0 Å². The Labute approximate surface area is 125 Å². The summed E-state index contributed by atoms with van der Waals surface area (Å²) in [7, 11) is 1.91. The third-order valence-corrected chi connectivity index (χ3v) is 3.24. The molecule has 2 N–H and O–H groups in total. The van der Waals surface area contributed by atoms with Gasteiger partial charge in [0, 0.05) is 12.1 Å². The van der Waals surface area contributed by atoms with Crippen LogP contribution in [0.5, 0.6) is 0 Å². The molecule has 0 atom stereocenters. The van der Waals surface area contributed by atoms with Crippen molar-refractivity contribution in [2.45, 2.75) is 39.4 Å². The molecule has 0 aliphatic carbocycles. The van der Waals surface area contributed by atoms with E-state index in [4.69, 9.17) is 9.47 Å². The van der Waals surface area contributed by atoms with Gasteiger partial charge in [-0.2, -0.15) is 0 Å². The number of hydrogen-bond acceptors (Lipinski definition) is 6. The van der Waals surface area contributed by atoms with Crippen LogP contribution in [0.1, 0.15) is 32.3 Å². The summed E-state index contributed by atoms with van der Waals surface area (Å²) in [6.07, 6.45) is 1.68. The van der Waals surface area contributed by atoms with Crippen LogP contribution in [-0.4, -0.2) is 39.1 Å². The minimum atomic E-state index is -0.606. The molecule has 0 saturated heterocycles. The molecule has 1 rings (SSSR count). The first-order valence-corrected chi connectivity index (χ1v) is 7.35. The van der Waals surface area contributed by atoms with E-state index in [1.165, 1.54) is 0 Å². The maximum absolute atomic E-state index is 11.2. The topological polar surface area (TPSA) is 76.7 Å². The Balaban J connectivity index is 2.13. The summed E-state index contributed by atoms with van der Waals surface area (Å²) in [5.74, 6) is -0.606. The van der Waals surface area contributed by atoms with Crippen LogP contribution in [0.25, 0.3) is 0 Å². The molecule has 0 spiro atoms. The second-order valence-electron chi connectivity index (χ2n) is 5.49. The van der Waals surface area contributed by atoms with Gasteiger partial charge >= 0.3 is 0 Å². The Kier molecular flexibility index (Phi) is 7.01. The van der Waals surface area contributed by atoms with Crippen LogP contribution in [0.4, 0.5) is 5.69 Å². The second-order valence-corrected chi connectivity index (χ2v) is 5.49. The Bertz CT molecular complexity index is 504. The van der Waals surface area contributed by atoms with Gasteiger partial charge in [0.05, 0.1) is 18.9 Å². The third-order valence-electron chi connectivity index (χ3n) is 3.24. The number of hydrogen-bond donors (Lipinski definition) is 2. The SMILES string of the molecule is CNCCCOC(C)(C)OCCCNc1c(C)c(=O)c1=O. The maximum Gasteiger partial charge on any atom is 0.249 e. The van der Waals surface area contributed by atoms with E-state index in [1.807, 2.05) is 20.9 Å². The van der Waals surface area contributed by atoms with Crippen molar-refractivity contribution in [3.63, 3.8) is 0 Å². The summed E-state index contributed by atoms with van der Waals surface area (Å²) >= 11 is 0. The molecular weight excluding hydrogens is 272 g/mol. The minimum absolute atomic E-state index is 0.384. The van der Waals surface area contributed by atoms with Crippen molar-refractivity contribution in [1.82, 2.24) is 5.32 Å². The maximum atomic E-state index is 11.2. The lowest BCUT2D eigenvalue weighted by atomic mass is 10.1. The first kappa shape index (κ1) is 17.8. The minimum Gasteiger partial charge on any atom is -0.381 e. The number of anilines is 1. The van der Waals surface area contributed by atoms with E-state index in [-0.39, 0.29) is 5.43 Å². The Morgan fingerprint density at radius 3 is 2.10 bits per heavy atom. The van der Waals surface area contributed by atoms with E-state index in [9.17, 15) is 9.59 Å². The first-order valence-electron chi connectivity index (χ1n) is 7.35. The number of ether oxygens (including phenoxy) is 2. The predicted molar refractivity (Wildman–Crippen MR) is 83.7 cm³/mol. The van der Waals surface area contributed by atoms with Crippen molar-refractivity contribution in [2.24, 2.45) is 0 Å². The third kappa shape index (κ3) is 5.57. The van der Waals surface area contributed by atoms with Gasteiger partial charge in [-0.25, -0.2) is 0 Å². The molecule has 1 aromatic rings. The van der Waals surface area contributed by atoms with Crippen LogP contribution in [0.15, 0.2) is 9.59 Å². The van der Waals surface area contributed by atoms with Crippen molar-refractivity contribution < 1.29 is 9.47 Å². The van der Waals surface area contributed by atoms with E-state index < -0.39 is 11.2 Å². The number of rotatable bonds is 11. The van der Waals surface area contributed by atoms with Crippen molar-refractivity contribution in [1.29, 1.82) is 0 Å². The average Bonchev–Trinajstić information content (AvgIpc) is 2.46. The van der Waals surface area contributed by atoms with Gasteiger partial charge in [0.25, 0.3) is 0 Å². The highest BCUT2D eigenvalue weighted by Gasteiger charge is 2.18. The molecule has 6 nitrogen and oxygen atoms in total. The molecule has 0 aliphatic heterocycles. The van der Waals surface area contributed by atoms with Gasteiger partial charge in [0.15, 0.2) is 5.79 Å². The molecule has 6 heteroatoms. The van der Waals surface area contributed by atoms with Crippen molar-refractivity contribution in [3.8, 4) is 0 Å². The van der Waals surface area contributed by atoms with Crippen molar-refractivity contribution >= 4 is 5.69 Å². The molecular formula is C15H26N2O4. The molecule has 0 fully saturated rings. The molecule has 0 amide bonds. The molecule has 21 heavy (non-hydrogen) atoms. The number of nitrogens with one attached hydrogen (secondary N) is 2. The zero-order chi connectivity index (χ0) is 15.9. The predicted octanol–water partition coefficient (Wildman–Crippen LogP) is 0.772. The highest BCUT2D eigenvalue weighted by atomic mass is 16.7. The molecule has 0 aromatic heterocycles. The normalized spacial score (nSPS) is 12.0. The van der Waals surface area contributed by atoms with Gasteiger partial charge in [-0.1, -0.05) is 0 Å². The van der Waals surface area contributed by atoms with E-state index in [1.54, 1.807) is 6.92 Å². The van der Waals surface area contributed by atoms with Gasteiger partial charge in [-0.05, 0) is 47.2 Å². The van der Waals surface area contributed by atoms with Crippen LogP contribution in [-0.2, 0) is 9.47 Å². The van der Waals surface area contributed by atoms with Gasteiger partial charge in [0.1, 0.15) is 0 Å². The summed E-state index contributed by atoms with van der Waals surface area (Å²) in [5.41, 5.74) is 0.170. The monoisotopic (exact) mass is 298 g/mol. The van der Waals surface area contributed by atoms with E-state index >= 15 is 0 Å². The molecule has 0 aliphatic rings. The smallest absolute Gasteiger partial charge is 0.249 e. The largest absolute Gasteiger partial charge is 0.381 e. The van der Waals surface area contributed by atoms with Crippen molar-refractivity contribution in [3.05, 3.63) is 26.0 Å². The highest BCUT2D eigenvalue weighted by molar-refractivity contribution is 5.55. The average molecular weight is 298 g/mol. The zero-order valence-corrected chi connectivity index (χ0v) is 13.4. The van der Waals surface area contributed by atoms with Crippen LogP contribution in [0, 0.1) is 6.92 Å². The van der Waals surface area contributed by atoms with Crippen molar-refractivity contribution in [2.75, 3.05) is 38.7 Å². The van der Waals surface area contributed by atoms with E-state index in [0.717, 1.165) is 19.4 Å². The summed E-state index contributed by atoms with van der Waals surface area (Å²) in [5, 5.41) is 6.04. The molecule has 0 radical (unpaired) electrons. The van der Waals surface area contributed by atoms with Crippen LogP contribution >= 0.6 is 0 Å². The Morgan fingerprint density at radius 1 is 1.00 bits per heavy atom. The fourth-order valence-corrected chi connectivity index (χ4v) is 1.93. The van der Waals surface area contributed by atoms with Gasteiger partial charge < -0.3 is 20.1 Å². The quantitative estimate of drug-likeness (QED) is 0.357. The lowest BCUT2D eigenvalue weighted by Crippen LogP contribution is -2.37.